The van der Waals surface area contributed by atoms with Crippen LogP contribution in [-0.2, 0) is 0 Å². The van der Waals surface area contributed by atoms with Gasteiger partial charge in [0.25, 0.3) is 0 Å². The van der Waals surface area contributed by atoms with Crippen LogP contribution in [0.3, 0.4) is 0 Å². The standard InChI is InChI=1S/C16H13FN2/c17-14-5-1-3-12(9-14)16(18)13-7-6-11-4-2-8-19-15(11)10-13/h1-10,16H,18H2. The Kier molecular flexibility index (Phi) is 2.97. The second-order valence-corrected chi connectivity index (χ2v) is 4.49. The third-order valence-electron chi connectivity index (χ3n) is 3.20. The first-order valence-electron chi connectivity index (χ1n) is 6.10. The highest BCUT2D eigenvalue weighted by Crippen LogP contribution is 2.23. The Balaban J connectivity index is 2.04. The molecule has 0 radical (unpaired) electrons. The van der Waals surface area contributed by atoms with Crippen molar-refractivity contribution in [1.29, 1.82) is 0 Å². The van der Waals surface area contributed by atoms with Crippen molar-refractivity contribution in [3.63, 3.8) is 0 Å². The maximum absolute atomic E-state index is 13.2. The zero-order chi connectivity index (χ0) is 13.2. The van der Waals surface area contributed by atoms with E-state index in [4.69, 9.17) is 5.73 Å². The summed E-state index contributed by atoms with van der Waals surface area (Å²) < 4.78 is 13.2. The van der Waals surface area contributed by atoms with E-state index in [2.05, 4.69) is 4.98 Å². The molecule has 3 rings (SSSR count). The van der Waals surface area contributed by atoms with Gasteiger partial charge in [-0.1, -0.05) is 30.3 Å². The normalized spacial score (nSPS) is 12.5. The van der Waals surface area contributed by atoms with Crippen molar-refractivity contribution in [2.75, 3.05) is 0 Å². The Hall–Kier alpha value is -2.26. The molecule has 0 bridgehead atoms. The molecular formula is C16H13FN2. The number of fused-ring (bicyclic) bond motifs is 1. The minimum absolute atomic E-state index is 0.271. The van der Waals surface area contributed by atoms with Gasteiger partial charge in [-0.15, -0.1) is 0 Å². The van der Waals surface area contributed by atoms with Crippen LogP contribution in [0, 0.1) is 5.82 Å². The van der Waals surface area contributed by atoms with Crippen molar-refractivity contribution in [2.45, 2.75) is 6.04 Å². The first kappa shape index (κ1) is 11.8. The number of halogens is 1. The lowest BCUT2D eigenvalue weighted by molar-refractivity contribution is 0.623. The number of hydrogen-bond acceptors (Lipinski definition) is 2. The third kappa shape index (κ3) is 2.33. The summed E-state index contributed by atoms with van der Waals surface area (Å²) in [6, 6.07) is 15.8. The minimum atomic E-state index is -0.345. The quantitative estimate of drug-likeness (QED) is 0.759. The molecule has 3 aromatic rings. The predicted octanol–water partition coefficient (Wildman–Crippen LogP) is 3.42. The van der Waals surface area contributed by atoms with Gasteiger partial charge >= 0.3 is 0 Å². The molecule has 3 heteroatoms. The highest BCUT2D eigenvalue weighted by atomic mass is 19.1. The second-order valence-electron chi connectivity index (χ2n) is 4.49. The Morgan fingerprint density at radius 2 is 1.79 bits per heavy atom. The first-order valence-corrected chi connectivity index (χ1v) is 6.10. The third-order valence-corrected chi connectivity index (χ3v) is 3.20. The van der Waals surface area contributed by atoms with E-state index in [1.54, 1.807) is 12.3 Å². The van der Waals surface area contributed by atoms with E-state index in [0.717, 1.165) is 22.0 Å². The van der Waals surface area contributed by atoms with E-state index >= 15 is 0 Å². The van der Waals surface area contributed by atoms with Crippen molar-refractivity contribution >= 4 is 10.9 Å². The number of nitrogens with zero attached hydrogens (tertiary/aromatic N) is 1. The lowest BCUT2D eigenvalue weighted by Gasteiger charge is -2.13. The molecule has 0 aliphatic heterocycles. The summed E-state index contributed by atoms with van der Waals surface area (Å²) in [6.07, 6.45) is 1.75. The molecule has 1 atom stereocenters. The average Bonchev–Trinajstić information content (AvgIpc) is 2.46. The second kappa shape index (κ2) is 4.78. The van der Waals surface area contributed by atoms with Gasteiger partial charge in [0.05, 0.1) is 11.6 Å². The fourth-order valence-electron chi connectivity index (χ4n) is 2.17. The van der Waals surface area contributed by atoms with Gasteiger partial charge in [-0.2, -0.15) is 0 Å². The fraction of sp³-hybridized carbons (Fsp3) is 0.0625. The first-order chi connectivity index (χ1) is 9.24. The van der Waals surface area contributed by atoms with Crippen molar-refractivity contribution in [2.24, 2.45) is 5.73 Å². The van der Waals surface area contributed by atoms with Crippen LogP contribution < -0.4 is 5.73 Å². The molecule has 2 aromatic carbocycles. The maximum atomic E-state index is 13.2. The SMILES string of the molecule is NC(c1cccc(F)c1)c1ccc2cccnc2c1. The van der Waals surface area contributed by atoms with Crippen LogP contribution in [0.5, 0.6) is 0 Å². The molecule has 0 spiro atoms. The predicted molar refractivity (Wildman–Crippen MR) is 74.2 cm³/mol. The molecule has 0 fully saturated rings. The number of rotatable bonds is 2. The smallest absolute Gasteiger partial charge is 0.123 e. The minimum Gasteiger partial charge on any atom is -0.320 e. The summed E-state index contributed by atoms with van der Waals surface area (Å²) in [7, 11) is 0. The molecule has 1 heterocycles. The number of hydrogen-bond donors (Lipinski definition) is 1. The summed E-state index contributed by atoms with van der Waals surface area (Å²) in [5, 5.41) is 1.07. The van der Waals surface area contributed by atoms with E-state index in [0.29, 0.717) is 0 Å². The fourth-order valence-corrected chi connectivity index (χ4v) is 2.17. The largest absolute Gasteiger partial charge is 0.320 e. The van der Waals surface area contributed by atoms with Crippen LogP contribution in [0.15, 0.2) is 60.8 Å². The van der Waals surface area contributed by atoms with Gasteiger partial charge in [0.15, 0.2) is 0 Å². The zero-order valence-corrected chi connectivity index (χ0v) is 10.3. The van der Waals surface area contributed by atoms with Gasteiger partial charge in [0.2, 0.25) is 0 Å². The molecule has 1 aromatic heterocycles. The Bertz CT molecular complexity index is 725. The van der Waals surface area contributed by atoms with E-state index in [-0.39, 0.29) is 11.9 Å². The van der Waals surface area contributed by atoms with E-state index in [9.17, 15) is 4.39 Å². The zero-order valence-electron chi connectivity index (χ0n) is 10.3. The van der Waals surface area contributed by atoms with Crippen LogP contribution in [0.25, 0.3) is 10.9 Å². The number of nitrogens with two attached hydrogens (primary N) is 1. The molecule has 19 heavy (non-hydrogen) atoms. The molecule has 2 nitrogen and oxygen atoms in total. The molecule has 0 aliphatic carbocycles. The summed E-state index contributed by atoms with van der Waals surface area (Å²) in [5.74, 6) is -0.271. The lowest BCUT2D eigenvalue weighted by Crippen LogP contribution is -2.12. The number of aromatic nitrogens is 1. The van der Waals surface area contributed by atoms with Crippen molar-refractivity contribution < 1.29 is 4.39 Å². The van der Waals surface area contributed by atoms with E-state index < -0.39 is 0 Å². The van der Waals surface area contributed by atoms with Crippen LogP contribution >= 0.6 is 0 Å². The number of benzene rings is 2. The highest BCUT2D eigenvalue weighted by Gasteiger charge is 2.10. The van der Waals surface area contributed by atoms with Gasteiger partial charge in [-0.25, -0.2) is 4.39 Å². The molecule has 94 valence electrons. The van der Waals surface area contributed by atoms with E-state index in [1.165, 1.54) is 12.1 Å². The number of pyridine rings is 1. The van der Waals surface area contributed by atoms with Crippen molar-refractivity contribution in [3.8, 4) is 0 Å². The average molecular weight is 252 g/mol. The van der Waals surface area contributed by atoms with Gasteiger partial charge in [-0.3, -0.25) is 4.98 Å². The van der Waals surface area contributed by atoms with Gasteiger partial charge < -0.3 is 5.73 Å². The molecule has 0 aliphatic rings. The molecular weight excluding hydrogens is 239 g/mol. The van der Waals surface area contributed by atoms with Crippen molar-refractivity contribution in [3.05, 3.63) is 77.7 Å². The van der Waals surface area contributed by atoms with Gasteiger partial charge in [0.1, 0.15) is 5.82 Å². The van der Waals surface area contributed by atoms with Crippen LogP contribution in [0.4, 0.5) is 4.39 Å². The summed E-state index contributed by atoms with van der Waals surface area (Å²) >= 11 is 0. The topological polar surface area (TPSA) is 38.9 Å². The van der Waals surface area contributed by atoms with Crippen LogP contribution in [0.2, 0.25) is 0 Å². The molecule has 0 saturated heterocycles. The van der Waals surface area contributed by atoms with Crippen molar-refractivity contribution in [1.82, 2.24) is 4.98 Å². The molecule has 0 amide bonds. The molecule has 1 unspecified atom stereocenters. The Labute approximate surface area is 110 Å². The Morgan fingerprint density at radius 1 is 0.947 bits per heavy atom. The highest BCUT2D eigenvalue weighted by molar-refractivity contribution is 5.79. The lowest BCUT2D eigenvalue weighted by atomic mass is 9.98. The molecule has 0 saturated carbocycles. The van der Waals surface area contributed by atoms with E-state index in [1.807, 2.05) is 36.4 Å². The maximum Gasteiger partial charge on any atom is 0.123 e. The Morgan fingerprint density at radius 3 is 2.63 bits per heavy atom. The monoisotopic (exact) mass is 252 g/mol. The van der Waals surface area contributed by atoms with Gasteiger partial charge in [0, 0.05) is 11.6 Å². The summed E-state index contributed by atoms with van der Waals surface area (Å²) in [5.41, 5.74) is 8.76. The van der Waals surface area contributed by atoms with Crippen LogP contribution in [-0.4, -0.2) is 4.98 Å². The van der Waals surface area contributed by atoms with Crippen LogP contribution in [0.1, 0.15) is 17.2 Å². The summed E-state index contributed by atoms with van der Waals surface area (Å²) in [4.78, 5) is 4.31. The molecule has 2 N–H and O–H groups in total. The van der Waals surface area contributed by atoms with Gasteiger partial charge in [-0.05, 0) is 35.4 Å². The summed E-state index contributed by atoms with van der Waals surface area (Å²) in [6.45, 7) is 0.